The van der Waals surface area contributed by atoms with Crippen LogP contribution in [0.25, 0.3) is 0 Å². The van der Waals surface area contributed by atoms with Crippen molar-refractivity contribution in [1.29, 1.82) is 0 Å². The molecule has 0 fully saturated rings. The number of carbonyl (C=O) groups is 2. The molecule has 4 N–H and O–H groups in total. The van der Waals surface area contributed by atoms with Gasteiger partial charge in [-0.3, -0.25) is 9.59 Å². The molecular formula is C21H26N4O4S. The van der Waals surface area contributed by atoms with Crippen molar-refractivity contribution in [2.75, 3.05) is 23.3 Å². The topological polar surface area (TPSA) is 122 Å². The van der Waals surface area contributed by atoms with E-state index in [9.17, 15) is 18.0 Å². The SMILES string of the molecule is CC(C)NC(=O)c1cccc2c1CCCN2CC(=O)Nc1cccc(S(N)(=O)=O)c1. The van der Waals surface area contributed by atoms with Gasteiger partial charge in [-0.15, -0.1) is 0 Å². The first-order chi connectivity index (χ1) is 14.1. The lowest BCUT2D eigenvalue weighted by Crippen LogP contribution is -2.38. The monoisotopic (exact) mass is 430 g/mol. The van der Waals surface area contributed by atoms with E-state index in [0.717, 1.165) is 24.1 Å². The van der Waals surface area contributed by atoms with Crippen LogP contribution in [-0.4, -0.2) is 39.4 Å². The average Bonchev–Trinajstić information content (AvgIpc) is 2.66. The van der Waals surface area contributed by atoms with Crippen LogP contribution in [-0.2, 0) is 21.2 Å². The van der Waals surface area contributed by atoms with Crippen molar-refractivity contribution in [3.63, 3.8) is 0 Å². The fourth-order valence-corrected chi connectivity index (χ4v) is 4.10. The van der Waals surface area contributed by atoms with Crippen LogP contribution in [0.2, 0.25) is 0 Å². The van der Waals surface area contributed by atoms with E-state index in [1.54, 1.807) is 12.1 Å². The molecule has 0 spiro atoms. The predicted octanol–water partition coefficient (Wildman–Crippen LogP) is 1.86. The molecule has 0 saturated heterocycles. The Morgan fingerprint density at radius 3 is 2.60 bits per heavy atom. The molecule has 2 aromatic rings. The fraction of sp³-hybridized carbons (Fsp3) is 0.333. The van der Waals surface area contributed by atoms with E-state index in [1.807, 2.05) is 30.9 Å². The Morgan fingerprint density at radius 2 is 1.90 bits per heavy atom. The lowest BCUT2D eigenvalue weighted by Gasteiger charge is -2.32. The molecule has 0 aliphatic carbocycles. The van der Waals surface area contributed by atoms with Crippen LogP contribution >= 0.6 is 0 Å². The van der Waals surface area contributed by atoms with Gasteiger partial charge in [-0.25, -0.2) is 13.6 Å². The van der Waals surface area contributed by atoms with Gasteiger partial charge in [-0.1, -0.05) is 12.1 Å². The minimum absolute atomic E-state index is 0.0342. The third-order valence-electron chi connectivity index (χ3n) is 4.79. The van der Waals surface area contributed by atoms with Gasteiger partial charge >= 0.3 is 0 Å². The number of primary sulfonamides is 1. The van der Waals surface area contributed by atoms with E-state index in [2.05, 4.69) is 10.6 Å². The molecule has 160 valence electrons. The lowest BCUT2D eigenvalue weighted by atomic mass is 9.95. The van der Waals surface area contributed by atoms with E-state index >= 15 is 0 Å². The van der Waals surface area contributed by atoms with E-state index in [0.29, 0.717) is 17.8 Å². The van der Waals surface area contributed by atoms with Crippen LogP contribution in [0.5, 0.6) is 0 Å². The zero-order chi connectivity index (χ0) is 21.9. The predicted molar refractivity (Wildman–Crippen MR) is 116 cm³/mol. The number of sulfonamides is 1. The van der Waals surface area contributed by atoms with Gasteiger partial charge in [0.25, 0.3) is 5.91 Å². The molecule has 1 heterocycles. The zero-order valence-corrected chi connectivity index (χ0v) is 17.8. The number of carbonyl (C=O) groups excluding carboxylic acids is 2. The molecule has 9 heteroatoms. The molecule has 0 radical (unpaired) electrons. The minimum atomic E-state index is -3.85. The summed E-state index contributed by atoms with van der Waals surface area (Å²) in [6.07, 6.45) is 1.60. The molecule has 2 amide bonds. The van der Waals surface area contributed by atoms with E-state index in [1.165, 1.54) is 18.2 Å². The van der Waals surface area contributed by atoms with Gasteiger partial charge in [0.15, 0.2) is 0 Å². The van der Waals surface area contributed by atoms with Gasteiger partial charge in [-0.2, -0.15) is 0 Å². The Morgan fingerprint density at radius 1 is 1.17 bits per heavy atom. The standard InChI is InChI=1S/C21H26N4O4S/c1-14(2)23-21(27)18-8-4-10-19-17(18)9-5-11-25(19)13-20(26)24-15-6-3-7-16(12-15)30(22,28)29/h3-4,6-8,10,12,14H,5,9,11,13H2,1-2H3,(H,23,27)(H,24,26)(H2,22,28,29). The molecule has 0 unspecified atom stereocenters. The molecule has 0 saturated carbocycles. The number of rotatable bonds is 6. The highest BCUT2D eigenvalue weighted by molar-refractivity contribution is 7.89. The van der Waals surface area contributed by atoms with Gasteiger partial charge in [0.2, 0.25) is 15.9 Å². The van der Waals surface area contributed by atoms with E-state index < -0.39 is 10.0 Å². The zero-order valence-electron chi connectivity index (χ0n) is 17.0. The molecule has 0 atom stereocenters. The number of nitrogens with two attached hydrogens (primary N) is 1. The third kappa shape index (κ3) is 5.17. The Labute approximate surface area is 176 Å². The number of fused-ring (bicyclic) bond motifs is 1. The van der Waals surface area contributed by atoms with Crippen molar-refractivity contribution in [2.45, 2.75) is 37.6 Å². The number of amides is 2. The number of benzene rings is 2. The third-order valence-corrected chi connectivity index (χ3v) is 5.70. The Balaban J connectivity index is 1.76. The number of anilines is 2. The highest BCUT2D eigenvalue weighted by Gasteiger charge is 2.24. The molecule has 1 aliphatic rings. The lowest BCUT2D eigenvalue weighted by molar-refractivity contribution is -0.115. The van der Waals surface area contributed by atoms with Crippen molar-refractivity contribution in [3.05, 3.63) is 53.6 Å². The smallest absolute Gasteiger partial charge is 0.251 e. The van der Waals surface area contributed by atoms with Crippen molar-refractivity contribution < 1.29 is 18.0 Å². The number of hydrogen-bond acceptors (Lipinski definition) is 5. The van der Waals surface area contributed by atoms with Crippen molar-refractivity contribution in [2.24, 2.45) is 5.14 Å². The van der Waals surface area contributed by atoms with Gasteiger partial charge in [-0.05, 0) is 62.6 Å². The molecule has 3 rings (SSSR count). The first-order valence-electron chi connectivity index (χ1n) is 9.75. The summed E-state index contributed by atoms with van der Waals surface area (Å²) in [4.78, 5) is 27.0. The summed E-state index contributed by atoms with van der Waals surface area (Å²) in [6.45, 7) is 4.60. The molecular weight excluding hydrogens is 404 g/mol. The summed E-state index contributed by atoms with van der Waals surface area (Å²) >= 11 is 0. The normalized spacial score (nSPS) is 13.7. The second-order valence-corrected chi connectivity index (χ2v) is 9.14. The van der Waals surface area contributed by atoms with E-state index in [-0.39, 0.29) is 29.3 Å². The highest BCUT2D eigenvalue weighted by atomic mass is 32.2. The van der Waals surface area contributed by atoms with Gasteiger partial charge in [0.05, 0.1) is 11.4 Å². The molecule has 8 nitrogen and oxygen atoms in total. The van der Waals surface area contributed by atoms with Crippen LogP contribution in [0.15, 0.2) is 47.4 Å². The van der Waals surface area contributed by atoms with Crippen LogP contribution in [0, 0.1) is 0 Å². The first-order valence-corrected chi connectivity index (χ1v) is 11.3. The summed E-state index contributed by atoms with van der Waals surface area (Å²) < 4.78 is 23.0. The van der Waals surface area contributed by atoms with Crippen LogP contribution in [0.4, 0.5) is 11.4 Å². The second-order valence-electron chi connectivity index (χ2n) is 7.58. The molecule has 1 aliphatic heterocycles. The van der Waals surface area contributed by atoms with Crippen LogP contribution < -0.4 is 20.7 Å². The summed E-state index contributed by atoms with van der Waals surface area (Å²) in [5.74, 6) is -0.403. The molecule has 2 aromatic carbocycles. The number of nitrogens with zero attached hydrogens (tertiary/aromatic N) is 1. The Bertz CT molecular complexity index is 1070. The maximum Gasteiger partial charge on any atom is 0.251 e. The summed E-state index contributed by atoms with van der Waals surface area (Å²) in [5, 5.41) is 10.8. The summed E-state index contributed by atoms with van der Waals surface area (Å²) in [5.41, 5.74) is 2.79. The van der Waals surface area contributed by atoms with E-state index in [4.69, 9.17) is 5.14 Å². The fourth-order valence-electron chi connectivity index (χ4n) is 3.54. The molecule has 0 bridgehead atoms. The number of hydrogen-bond donors (Lipinski definition) is 3. The average molecular weight is 431 g/mol. The maximum atomic E-state index is 12.6. The summed E-state index contributed by atoms with van der Waals surface area (Å²) in [7, 11) is -3.85. The molecule has 0 aromatic heterocycles. The largest absolute Gasteiger partial charge is 0.362 e. The Hall–Kier alpha value is -2.91. The maximum absolute atomic E-state index is 12.6. The minimum Gasteiger partial charge on any atom is -0.362 e. The van der Waals surface area contributed by atoms with Crippen molar-refractivity contribution in [3.8, 4) is 0 Å². The van der Waals surface area contributed by atoms with Gasteiger partial charge in [0, 0.05) is 29.5 Å². The first kappa shape index (κ1) is 21.8. The van der Waals surface area contributed by atoms with Gasteiger partial charge in [0.1, 0.15) is 0 Å². The van der Waals surface area contributed by atoms with Crippen molar-refractivity contribution >= 4 is 33.2 Å². The molecule has 30 heavy (non-hydrogen) atoms. The van der Waals surface area contributed by atoms with Crippen LogP contribution in [0.1, 0.15) is 36.2 Å². The second kappa shape index (κ2) is 8.85. The van der Waals surface area contributed by atoms with Gasteiger partial charge < -0.3 is 15.5 Å². The Kier molecular flexibility index (Phi) is 6.42. The number of nitrogens with one attached hydrogen (secondary N) is 2. The quantitative estimate of drug-likeness (QED) is 0.646. The van der Waals surface area contributed by atoms with Crippen molar-refractivity contribution in [1.82, 2.24) is 5.32 Å². The van der Waals surface area contributed by atoms with Crippen LogP contribution in [0.3, 0.4) is 0 Å². The highest BCUT2D eigenvalue weighted by Crippen LogP contribution is 2.30. The summed E-state index contributed by atoms with van der Waals surface area (Å²) in [6, 6.07) is 11.4.